The summed E-state index contributed by atoms with van der Waals surface area (Å²) in [5.41, 5.74) is 2.47. The third-order valence-electron chi connectivity index (χ3n) is 3.23. The number of nitrogens with zero attached hydrogens (tertiary/aromatic N) is 1. The van der Waals surface area contributed by atoms with Crippen LogP contribution in [0.25, 0.3) is 0 Å². The average molecular weight is 304 g/mol. The second-order valence-electron chi connectivity index (χ2n) is 5.11. The number of ether oxygens (including phenoxy) is 1. The minimum absolute atomic E-state index is 0.552. The van der Waals surface area contributed by atoms with Crippen LogP contribution in [-0.2, 0) is 19.6 Å². The van der Waals surface area contributed by atoms with Gasteiger partial charge in [-0.25, -0.2) is 4.98 Å². The van der Waals surface area contributed by atoms with Crippen LogP contribution in [0.1, 0.15) is 41.4 Å². The van der Waals surface area contributed by atoms with Crippen molar-refractivity contribution in [3.63, 3.8) is 0 Å². The molecule has 1 heterocycles. The normalized spacial score (nSPS) is 10.8. The fourth-order valence-corrected chi connectivity index (χ4v) is 3.08. The van der Waals surface area contributed by atoms with E-state index in [1.807, 2.05) is 12.1 Å². The standard InChI is InChI=1S/C17H24N2OS/c1-4-6-15-16(11-18-5-2)21-17(19-15)12-20-14-9-7-13(3)8-10-14/h7-10,18H,4-6,11-12H2,1-3H3. The van der Waals surface area contributed by atoms with Gasteiger partial charge in [-0.1, -0.05) is 38.0 Å². The van der Waals surface area contributed by atoms with Crippen molar-refractivity contribution in [3.05, 3.63) is 45.4 Å². The summed E-state index contributed by atoms with van der Waals surface area (Å²) in [5.74, 6) is 0.904. The van der Waals surface area contributed by atoms with Crippen LogP contribution in [0.4, 0.5) is 0 Å². The minimum Gasteiger partial charge on any atom is -0.486 e. The fourth-order valence-electron chi connectivity index (χ4n) is 2.09. The Bertz CT molecular complexity index is 548. The van der Waals surface area contributed by atoms with Gasteiger partial charge in [-0.05, 0) is 32.0 Å². The lowest BCUT2D eigenvalue weighted by Gasteiger charge is -2.03. The molecule has 2 aromatic rings. The number of aryl methyl sites for hydroxylation is 2. The Morgan fingerprint density at radius 3 is 2.62 bits per heavy atom. The maximum Gasteiger partial charge on any atom is 0.140 e. The van der Waals surface area contributed by atoms with Crippen LogP contribution in [0.15, 0.2) is 24.3 Å². The van der Waals surface area contributed by atoms with E-state index < -0.39 is 0 Å². The van der Waals surface area contributed by atoms with Crippen LogP contribution >= 0.6 is 11.3 Å². The van der Waals surface area contributed by atoms with E-state index in [0.29, 0.717) is 6.61 Å². The number of aromatic nitrogens is 1. The summed E-state index contributed by atoms with van der Waals surface area (Å²) in [6.07, 6.45) is 2.17. The summed E-state index contributed by atoms with van der Waals surface area (Å²) in [4.78, 5) is 6.09. The molecule has 0 bridgehead atoms. The molecule has 0 fully saturated rings. The lowest BCUT2D eigenvalue weighted by molar-refractivity contribution is 0.305. The first-order chi connectivity index (χ1) is 10.2. The van der Waals surface area contributed by atoms with Crippen molar-refractivity contribution < 1.29 is 4.74 Å². The molecule has 2 rings (SSSR count). The molecule has 114 valence electrons. The van der Waals surface area contributed by atoms with Crippen molar-refractivity contribution in [1.82, 2.24) is 10.3 Å². The second kappa shape index (κ2) is 8.15. The van der Waals surface area contributed by atoms with Crippen LogP contribution in [0.2, 0.25) is 0 Å². The van der Waals surface area contributed by atoms with Crippen molar-refractivity contribution in [2.45, 2.75) is 46.8 Å². The summed E-state index contributed by atoms with van der Waals surface area (Å²) < 4.78 is 5.83. The lowest BCUT2D eigenvalue weighted by atomic mass is 10.2. The number of hydrogen-bond acceptors (Lipinski definition) is 4. The van der Waals surface area contributed by atoms with E-state index in [0.717, 1.165) is 36.7 Å². The largest absolute Gasteiger partial charge is 0.486 e. The Hall–Kier alpha value is -1.39. The van der Waals surface area contributed by atoms with E-state index in [9.17, 15) is 0 Å². The molecule has 0 radical (unpaired) electrons. The molecule has 0 aliphatic rings. The first-order valence-corrected chi connectivity index (χ1v) is 8.42. The van der Waals surface area contributed by atoms with Gasteiger partial charge in [-0.3, -0.25) is 0 Å². The van der Waals surface area contributed by atoms with E-state index in [4.69, 9.17) is 9.72 Å². The molecule has 21 heavy (non-hydrogen) atoms. The number of nitrogens with one attached hydrogen (secondary N) is 1. The van der Waals surface area contributed by atoms with E-state index in [1.54, 1.807) is 11.3 Å². The predicted molar refractivity (Wildman–Crippen MR) is 89.0 cm³/mol. The molecule has 1 aromatic heterocycles. The van der Waals surface area contributed by atoms with Crippen molar-refractivity contribution in [3.8, 4) is 5.75 Å². The molecule has 0 saturated carbocycles. The zero-order valence-electron chi connectivity index (χ0n) is 13.1. The quantitative estimate of drug-likeness (QED) is 0.797. The molecule has 4 heteroatoms. The van der Waals surface area contributed by atoms with Crippen molar-refractivity contribution in [2.75, 3.05) is 6.54 Å². The van der Waals surface area contributed by atoms with Gasteiger partial charge in [-0.15, -0.1) is 11.3 Å². The number of thiazole rings is 1. The van der Waals surface area contributed by atoms with Crippen molar-refractivity contribution in [2.24, 2.45) is 0 Å². The molecule has 0 atom stereocenters. The topological polar surface area (TPSA) is 34.1 Å². The van der Waals surface area contributed by atoms with Gasteiger partial charge in [-0.2, -0.15) is 0 Å². The van der Waals surface area contributed by atoms with Gasteiger partial charge in [0.15, 0.2) is 0 Å². The maximum absolute atomic E-state index is 5.83. The van der Waals surface area contributed by atoms with Gasteiger partial charge in [0.05, 0.1) is 5.69 Å². The monoisotopic (exact) mass is 304 g/mol. The van der Waals surface area contributed by atoms with E-state index >= 15 is 0 Å². The molecule has 0 amide bonds. The SMILES string of the molecule is CCCc1nc(COc2ccc(C)cc2)sc1CNCC. The number of hydrogen-bond donors (Lipinski definition) is 1. The minimum atomic E-state index is 0.552. The van der Waals surface area contributed by atoms with Crippen molar-refractivity contribution in [1.29, 1.82) is 0 Å². The second-order valence-corrected chi connectivity index (χ2v) is 6.28. The van der Waals surface area contributed by atoms with Gasteiger partial charge in [0.25, 0.3) is 0 Å². The third-order valence-corrected chi connectivity index (χ3v) is 4.30. The molecule has 1 N–H and O–H groups in total. The lowest BCUT2D eigenvalue weighted by Crippen LogP contribution is -2.11. The summed E-state index contributed by atoms with van der Waals surface area (Å²) in [7, 11) is 0. The molecule has 0 unspecified atom stereocenters. The van der Waals surface area contributed by atoms with Crippen LogP contribution in [-0.4, -0.2) is 11.5 Å². The van der Waals surface area contributed by atoms with Gasteiger partial charge in [0.1, 0.15) is 17.4 Å². The Morgan fingerprint density at radius 2 is 1.95 bits per heavy atom. The molecule has 1 aromatic carbocycles. The highest BCUT2D eigenvalue weighted by atomic mass is 32.1. The van der Waals surface area contributed by atoms with Crippen LogP contribution < -0.4 is 10.1 Å². The summed E-state index contributed by atoms with van der Waals surface area (Å²) in [6.45, 7) is 8.85. The first-order valence-electron chi connectivity index (χ1n) is 7.60. The number of rotatable bonds is 8. The van der Waals surface area contributed by atoms with E-state index in [-0.39, 0.29) is 0 Å². The zero-order valence-corrected chi connectivity index (χ0v) is 13.9. The summed E-state index contributed by atoms with van der Waals surface area (Å²) in [6, 6.07) is 8.15. The third kappa shape index (κ3) is 4.83. The highest BCUT2D eigenvalue weighted by Crippen LogP contribution is 2.22. The summed E-state index contributed by atoms with van der Waals surface area (Å²) >= 11 is 1.76. The Balaban J connectivity index is 2.00. The highest BCUT2D eigenvalue weighted by Gasteiger charge is 2.10. The molecule has 0 saturated heterocycles. The molecule has 3 nitrogen and oxygen atoms in total. The van der Waals surface area contributed by atoms with Crippen molar-refractivity contribution >= 4 is 11.3 Å². The highest BCUT2D eigenvalue weighted by molar-refractivity contribution is 7.11. The maximum atomic E-state index is 5.83. The molecular weight excluding hydrogens is 280 g/mol. The Labute approximate surface area is 131 Å². The van der Waals surface area contributed by atoms with Gasteiger partial charge in [0.2, 0.25) is 0 Å². The smallest absolute Gasteiger partial charge is 0.140 e. The molecule has 0 aliphatic heterocycles. The first kappa shape index (κ1) is 16.0. The molecular formula is C17H24N2OS. The zero-order chi connectivity index (χ0) is 15.1. The van der Waals surface area contributed by atoms with Gasteiger partial charge < -0.3 is 10.1 Å². The van der Waals surface area contributed by atoms with Crippen LogP contribution in [0.3, 0.4) is 0 Å². The molecule has 0 spiro atoms. The Kier molecular flexibility index (Phi) is 6.21. The van der Waals surface area contributed by atoms with E-state index in [1.165, 1.54) is 16.1 Å². The van der Waals surface area contributed by atoms with Gasteiger partial charge in [0, 0.05) is 11.4 Å². The summed E-state index contributed by atoms with van der Waals surface area (Å²) in [5, 5.41) is 4.45. The van der Waals surface area contributed by atoms with E-state index in [2.05, 4.69) is 38.2 Å². The predicted octanol–water partition coefficient (Wildman–Crippen LogP) is 4.09. The Morgan fingerprint density at radius 1 is 1.19 bits per heavy atom. The number of benzene rings is 1. The van der Waals surface area contributed by atoms with Gasteiger partial charge >= 0.3 is 0 Å². The van der Waals surface area contributed by atoms with Crippen LogP contribution in [0, 0.1) is 6.92 Å². The average Bonchev–Trinajstić information content (AvgIpc) is 2.87. The van der Waals surface area contributed by atoms with Crippen LogP contribution in [0.5, 0.6) is 5.75 Å². The molecule has 0 aliphatic carbocycles. The fraction of sp³-hybridized carbons (Fsp3) is 0.471.